The van der Waals surface area contributed by atoms with Crippen molar-refractivity contribution in [3.05, 3.63) is 0 Å². The molecule has 1 unspecified atom stereocenters. The summed E-state index contributed by atoms with van der Waals surface area (Å²) in [6.45, 7) is 1.50. The van der Waals surface area contributed by atoms with Gasteiger partial charge in [0, 0.05) is 21.7 Å². The molecule has 0 saturated heterocycles. The average molecular weight is 109 g/mol. The van der Waals surface area contributed by atoms with Crippen LogP contribution in [0.4, 0.5) is 0 Å². The number of nitrogens with two attached hydrogens (primary N) is 1. The maximum absolute atomic E-state index is 7.83. The predicted molar refractivity (Wildman–Crippen MR) is 15.9 cm³/mol. The van der Waals surface area contributed by atoms with Gasteiger partial charge < -0.3 is 10.8 Å². The molecule has 0 aliphatic heterocycles. The summed E-state index contributed by atoms with van der Waals surface area (Å²) in [6, 6.07) is 0. The Kier molecular flexibility index (Phi) is 8.49. The van der Waals surface area contributed by atoms with Crippen LogP contribution < -0.4 is 5.73 Å². The molecule has 0 spiro atoms. The van der Waals surface area contributed by atoms with Crippen molar-refractivity contribution < 1.29 is 26.8 Å². The van der Waals surface area contributed by atoms with E-state index in [1.165, 1.54) is 6.92 Å². The molecule has 0 fully saturated rings. The second-order valence-corrected chi connectivity index (χ2v) is 0.741. The maximum Gasteiger partial charge on any atom is 0.0991 e. The molecule has 0 aromatic rings. The Bertz CT molecular complexity index is 14.4. The van der Waals surface area contributed by atoms with Gasteiger partial charge in [-0.1, -0.05) is 0 Å². The Balaban J connectivity index is 0. The van der Waals surface area contributed by atoms with Crippen molar-refractivity contribution >= 4 is 0 Å². The maximum atomic E-state index is 7.83. The molecule has 2 nitrogen and oxygen atoms in total. The standard InChI is InChI=1S/C2H7NO.Ti/c1-2(3)4;/h2,4H,3H2,1H3;. The topological polar surface area (TPSA) is 46.2 Å². The molecule has 1 atom stereocenters. The predicted octanol–water partition coefficient (Wildman–Crippen LogP) is -0.719. The third-order valence-electron chi connectivity index (χ3n) is 0. The molecular formula is C2H7NOTi. The molecule has 0 saturated carbocycles. The van der Waals surface area contributed by atoms with E-state index >= 15 is 0 Å². The van der Waals surface area contributed by atoms with Crippen LogP contribution in [0.5, 0.6) is 0 Å². The zero-order valence-corrected chi connectivity index (χ0v) is 4.66. The van der Waals surface area contributed by atoms with Gasteiger partial charge in [-0.3, -0.25) is 0 Å². The van der Waals surface area contributed by atoms with Crippen LogP contribution in [0, 0.1) is 0 Å². The zero-order valence-electron chi connectivity index (χ0n) is 3.10. The summed E-state index contributed by atoms with van der Waals surface area (Å²) in [4.78, 5) is 0. The van der Waals surface area contributed by atoms with Gasteiger partial charge in [0.15, 0.2) is 0 Å². The smallest absolute Gasteiger partial charge is 0.0991 e. The number of rotatable bonds is 0. The first-order valence-electron chi connectivity index (χ1n) is 1.17. The fourth-order valence-corrected chi connectivity index (χ4v) is 0. The van der Waals surface area contributed by atoms with E-state index in [0.717, 1.165) is 0 Å². The van der Waals surface area contributed by atoms with Gasteiger partial charge in [-0.15, -0.1) is 0 Å². The van der Waals surface area contributed by atoms with Crippen LogP contribution in [-0.2, 0) is 21.7 Å². The Morgan fingerprint density at radius 2 is 1.80 bits per heavy atom. The van der Waals surface area contributed by atoms with Crippen molar-refractivity contribution in [2.24, 2.45) is 5.73 Å². The fraction of sp³-hybridized carbons (Fsp3) is 1.00. The summed E-state index contributed by atoms with van der Waals surface area (Å²) in [7, 11) is 0. The second kappa shape index (κ2) is 4.63. The van der Waals surface area contributed by atoms with E-state index in [1.54, 1.807) is 0 Å². The Labute approximate surface area is 46.2 Å². The number of hydrogen-bond donors (Lipinski definition) is 2. The van der Waals surface area contributed by atoms with E-state index < -0.39 is 6.23 Å². The quantitative estimate of drug-likeness (QED) is 0.318. The summed E-state index contributed by atoms with van der Waals surface area (Å²) in [5, 5.41) is 7.83. The SMILES string of the molecule is CC(N)O.[Ti]. The third-order valence-corrected chi connectivity index (χ3v) is 0. The molecule has 3 heteroatoms. The van der Waals surface area contributed by atoms with Crippen LogP contribution in [0.3, 0.4) is 0 Å². The molecule has 0 aromatic heterocycles. The molecule has 0 rings (SSSR count). The summed E-state index contributed by atoms with van der Waals surface area (Å²) >= 11 is 0. The summed E-state index contributed by atoms with van der Waals surface area (Å²) in [6.07, 6.45) is -0.667. The summed E-state index contributed by atoms with van der Waals surface area (Å²) in [5.41, 5.74) is 4.67. The minimum absolute atomic E-state index is 0. The molecule has 0 aromatic carbocycles. The van der Waals surface area contributed by atoms with Crippen LogP contribution in [0.2, 0.25) is 0 Å². The van der Waals surface area contributed by atoms with Gasteiger partial charge in [0.1, 0.15) is 0 Å². The molecule has 5 heavy (non-hydrogen) atoms. The van der Waals surface area contributed by atoms with Crippen LogP contribution >= 0.6 is 0 Å². The Morgan fingerprint density at radius 1 is 1.80 bits per heavy atom. The van der Waals surface area contributed by atoms with E-state index in [4.69, 9.17) is 5.11 Å². The number of hydrogen-bond acceptors (Lipinski definition) is 2. The molecule has 0 amide bonds. The first-order valence-corrected chi connectivity index (χ1v) is 1.17. The molecule has 3 N–H and O–H groups in total. The molecule has 0 radical (unpaired) electrons. The van der Waals surface area contributed by atoms with E-state index in [0.29, 0.717) is 0 Å². The second-order valence-electron chi connectivity index (χ2n) is 0.741. The monoisotopic (exact) mass is 109 g/mol. The molecule has 0 heterocycles. The molecular weight excluding hydrogens is 102 g/mol. The third kappa shape index (κ3) is 79.9. The van der Waals surface area contributed by atoms with Gasteiger partial charge in [0.25, 0.3) is 0 Å². The largest absolute Gasteiger partial charge is 0.379 e. The normalized spacial score (nSPS) is 12.6. The zero-order chi connectivity index (χ0) is 3.58. The van der Waals surface area contributed by atoms with Gasteiger partial charge in [0.05, 0.1) is 6.23 Å². The van der Waals surface area contributed by atoms with Crippen LogP contribution in [0.25, 0.3) is 0 Å². The van der Waals surface area contributed by atoms with Crippen molar-refractivity contribution in [2.75, 3.05) is 0 Å². The van der Waals surface area contributed by atoms with Crippen molar-refractivity contribution in [1.82, 2.24) is 0 Å². The van der Waals surface area contributed by atoms with Gasteiger partial charge in [0.2, 0.25) is 0 Å². The molecule has 30 valence electrons. The Morgan fingerprint density at radius 3 is 1.80 bits per heavy atom. The van der Waals surface area contributed by atoms with Crippen molar-refractivity contribution in [3.8, 4) is 0 Å². The first-order chi connectivity index (χ1) is 1.73. The van der Waals surface area contributed by atoms with Crippen LogP contribution in [0.15, 0.2) is 0 Å². The van der Waals surface area contributed by atoms with E-state index in [9.17, 15) is 0 Å². The number of aliphatic hydroxyl groups excluding tert-OH is 1. The van der Waals surface area contributed by atoms with Crippen LogP contribution in [0.1, 0.15) is 6.92 Å². The minimum Gasteiger partial charge on any atom is -0.379 e. The van der Waals surface area contributed by atoms with Gasteiger partial charge in [-0.25, -0.2) is 0 Å². The van der Waals surface area contributed by atoms with Crippen molar-refractivity contribution in [1.29, 1.82) is 0 Å². The molecule has 0 bridgehead atoms. The van der Waals surface area contributed by atoms with Gasteiger partial charge in [-0.2, -0.15) is 0 Å². The first kappa shape index (κ1) is 9.16. The van der Waals surface area contributed by atoms with Crippen LogP contribution in [-0.4, -0.2) is 11.3 Å². The minimum atomic E-state index is -0.667. The van der Waals surface area contributed by atoms with E-state index in [1.807, 2.05) is 0 Å². The van der Waals surface area contributed by atoms with Crippen molar-refractivity contribution in [3.63, 3.8) is 0 Å². The van der Waals surface area contributed by atoms with Gasteiger partial charge >= 0.3 is 0 Å². The summed E-state index contributed by atoms with van der Waals surface area (Å²) < 4.78 is 0. The molecule has 0 aliphatic carbocycles. The Hall–Kier alpha value is 0.634. The van der Waals surface area contributed by atoms with E-state index in [2.05, 4.69) is 5.73 Å². The summed E-state index contributed by atoms with van der Waals surface area (Å²) in [5.74, 6) is 0. The fourth-order valence-electron chi connectivity index (χ4n) is 0. The van der Waals surface area contributed by atoms with E-state index in [-0.39, 0.29) is 21.7 Å². The van der Waals surface area contributed by atoms with Crippen molar-refractivity contribution in [2.45, 2.75) is 13.2 Å². The number of aliphatic hydroxyl groups is 1. The average Bonchev–Trinajstić information content (AvgIpc) is 0.811. The molecule has 0 aliphatic rings. The van der Waals surface area contributed by atoms with Gasteiger partial charge in [-0.05, 0) is 6.92 Å².